The zero-order chi connectivity index (χ0) is 12.5. The number of benzene rings is 1. The van der Waals surface area contributed by atoms with E-state index < -0.39 is 14.9 Å². The molecule has 0 unspecified atom stereocenters. The van der Waals surface area contributed by atoms with E-state index in [0.29, 0.717) is 0 Å². The van der Waals surface area contributed by atoms with Crippen molar-refractivity contribution in [3.05, 3.63) is 52.5 Å². The van der Waals surface area contributed by atoms with Gasteiger partial charge in [0, 0.05) is 6.07 Å². The lowest BCUT2D eigenvalue weighted by Crippen LogP contribution is -2.28. The van der Waals surface area contributed by atoms with Gasteiger partial charge in [0.2, 0.25) is 0 Å². The maximum atomic E-state index is 12.1. The van der Waals surface area contributed by atoms with Gasteiger partial charge < -0.3 is 0 Å². The van der Waals surface area contributed by atoms with Crippen molar-refractivity contribution < 1.29 is 13.0 Å². The van der Waals surface area contributed by atoms with Gasteiger partial charge in [-0.05, 0) is 18.2 Å². The van der Waals surface area contributed by atoms with Crippen molar-refractivity contribution >= 4 is 21.4 Å². The molecule has 17 heavy (non-hydrogen) atoms. The lowest BCUT2D eigenvalue weighted by Gasteiger charge is -1.97. The normalized spacial score (nSPS) is 11.4. The van der Waals surface area contributed by atoms with Gasteiger partial charge in [0.05, 0.1) is 9.80 Å². The van der Waals surface area contributed by atoms with E-state index >= 15 is 0 Å². The van der Waals surface area contributed by atoms with Gasteiger partial charge >= 0.3 is 5.03 Å². The highest BCUT2D eigenvalue weighted by molar-refractivity contribution is 7.91. The Morgan fingerprint density at radius 2 is 1.71 bits per heavy atom. The summed E-state index contributed by atoms with van der Waals surface area (Å²) in [6, 6.07) is 10.2. The number of halogens is 1. The summed E-state index contributed by atoms with van der Waals surface area (Å²) >= 11 is 5.54. The second kappa shape index (κ2) is 4.31. The molecule has 1 aromatic heterocycles. The fourth-order valence-corrected chi connectivity index (χ4v) is 2.73. The summed E-state index contributed by atoms with van der Waals surface area (Å²) in [4.78, 5) is 11.5. The summed E-state index contributed by atoms with van der Waals surface area (Å²) in [5.74, 6) is 0. The van der Waals surface area contributed by atoms with Gasteiger partial charge in [-0.3, -0.25) is 0 Å². The fraction of sp³-hybridized carbons (Fsp3) is 0. The Morgan fingerprint density at radius 3 is 2.29 bits per heavy atom. The first-order valence-electron chi connectivity index (χ1n) is 4.63. The van der Waals surface area contributed by atoms with Gasteiger partial charge in [0.25, 0.3) is 9.84 Å². The van der Waals surface area contributed by atoms with E-state index in [0.717, 1.165) is 6.07 Å². The van der Waals surface area contributed by atoms with E-state index in [1.807, 2.05) is 0 Å². The van der Waals surface area contributed by atoms with E-state index in [1.54, 1.807) is 18.2 Å². The number of hydrogen-bond donors (Lipinski definition) is 1. The highest BCUT2D eigenvalue weighted by Gasteiger charge is 2.28. The molecule has 88 valence electrons. The fourth-order valence-electron chi connectivity index (χ4n) is 1.32. The van der Waals surface area contributed by atoms with Crippen molar-refractivity contribution in [3.63, 3.8) is 0 Å². The molecule has 1 aromatic carbocycles. The molecule has 2 aromatic rings. The van der Waals surface area contributed by atoms with Crippen LogP contribution in [0.5, 0.6) is 0 Å². The van der Waals surface area contributed by atoms with Crippen molar-refractivity contribution in [2.45, 2.75) is 9.92 Å². The number of aromatic amines is 1. The summed E-state index contributed by atoms with van der Waals surface area (Å²) in [5.41, 5.74) is 0. The number of aromatic nitrogens is 2. The number of hydrogen-bond acceptors (Lipinski definition) is 3. The van der Waals surface area contributed by atoms with Crippen LogP contribution in [0.3, 0.4) is 0 Å². The third kappa shape index (κ3) is 2.22. The molecule has 0 radical (unpaired) electrons. The number of nitrogens with one attached hydrogen (secondary N) is 1. The number of H-pyrrole nitrogens is 1. The van der Waals surface area contributed by atoms with Crippen LogP contribution in [0.25, 0.3) is 0 Å². The number of nitrogens with zero attached hydrogens (tertiary/aromatic N) is 1. The van der Waals surface area contributed by atoms with Gasteiger partial charge in [-0.25, -0.2) is 8.42 Å². The van der Waals surface area contributed by atoms with E-state index in [2.05, 4.69) is 5.10 Å². The molecule has 0 atom stereocenters. The minimum Gasteiger partial charge on any atom is -0.212 e. The highest BCUT2D eigenvalue weighted by Crippen LogP contribution is 2.16. The van der Waals surface area contributed by atoms with E-state index in [9.17, 15) is 13.3 Å². The molecule has 0 saturated heterocycles. The third-order valence-electron chi connectivity index (χ3n) is 2.11. The second-order valence-corrected chi connectivity index (χ2v) is 5.55. The minimum atomic E-state index is -3.83. The summed E-state index contributed by atoms with van der Waals surface area (Å²) in [5, 5.41) is 1.83. The van der Waals surface area contributed by atoms with Crippen LogP contribution >= 0.6 is 11.6 Å². The van der Waals surface area contributed by atoms with Gasteiger partial charge in [0.1, 0.15) is 0 Å². The monoisotopic (exact) mass is 271 g/mol. The Hall–Kier alpha value is -1.66. The molecule has 0 fully saturated rings. The summed E-state index contributed by atoms with van der Waals surface area (Å²) in [6.45, 7) is 0. The van der Waals surface area contributed by atoms with E-state index in [4.69, 9.17) is 11.6 Å². The Labute approximate surface area is 102 Å². The predicted molar refractivity (Wildman–Crippen MR) is 61.1 cm³/mol. The Balaban J connectivity index is 2.65. The number of sulfone groups is 1. The van der Waals surface area contributed by atoms with Crippen LogP contribution in [0.2, 0.25) is 5.15 Å². The van der Waals surface area contributed by atoms with Crippen molar-refractivity contribution in [1.82, 2.24) is 5.10 Å². The average molecular weight is 272 g/mol. The zero-order valence-electron chi connectivity index (χ0n) is 8.50. The maximum Gasteiger partial charge on any atom is 0.386 e. The first kappa shape index (κ1) is 11.8. The molecule has 0 amide bonds. The zero-order valence-corrected chi connectivity index (χ0v) is 10.1. The summed E-state index contributed by atoms with van der Waals surface area (Å²) < 4.78 is 24.3. The standard InChI is InChI=1S/C10H8ClN2O3S/c11-9-6-7-10(13(14)12-9)17(15,16)8-4-2-1-3-5-8/h1-7H,(H,12,14)/q+1. The van der Waals surface area contributed by atoms with Gasteiger partial charge in [0.15, 0.2) is 9.70 Å². The van der Waals surface area contributed by atoms with Crippen LogP contribution in [0.1, 0.15) is 0 Å². The van der Waals surface area contributed by atoms with E-state index in [1.165, 1.54) is 18.2 Å². The van der Waals surface area contributed by atoms with Crippen molar-refractivity contribution in [3.8, 4) is 0 Å². The first-order chi connectivity index (χ1) is 8.01. The smallest absolute Gasteiger partial charge is 0.212 e. The Morgan fingerprint density at radius 1 is 1.06 bits per heavy atom. The van der Waals surface area contributed by atoms with Crippen molar-refractivity contribution in [2.24, 2.45) is 0 Å². The molecule has 0 spiro atoms. The molecular formula is C10H8ClN2O3S+. The van der Waals surface area contributed by atoms with Crippen LogP contribution in [0, 0.1) is 4.91 Å². The molecule has 1 heterocycles. The van der Waals surface area contributed by atoms with Crippen LogP contribution < -0.4 is 4.54 Å². The molecule has 0 aliphatic heterocycles. The lowest BCUT2D eigenvalue weighted by molar-refractivity contribution is -0.605. The quantitative estimate of drug-likeness (QED) is 0.840. The van der Waals surface area contributed by atoms with Crippen LogP contribution in [0.15, 0.2) is 52.4 Å². The average Bonchev–Trinajstić information content (AvgIpc) is 2.29. The van der Waals surface area contributed by atoms with Crippen LogP contribution in [-0.2, 0) is 9.84 Å². The molecule has 0 aliphatic carbocycles. The molecule has 0 bridgehead atoms. The summed E-state index contributed by atoms with van der Waals surface area (Å²) in [6.07, 6.45) is 0. The molecule has 2 rings (SSSR count). The van der Waals surface area contributed by atoms with Crippen molar-refractivity contribution in [1.29, 1.82) is 0 Å². The lowest BCUT2D eigenvalue weighted by atomic mass is 10.4. The third-order valence-corrected chi connectivity index (χ3v) is 4.07. The highest BCUT2D eigenvalue weighted by atomic mass is 35.5. The van der Waals surface area contributed by atoms with Crippen LogP contribution in [0.4, 0.5) is 0 Å². The molecule has 7 heteroatoms. The Kier molecular flexibility index (Phi) is 2.99. The Bertz CT molecular complexity index is 695. The molecule has 0 aliphatic rings. The molecule has 5 nitrogen and oxygen atoms in total. The van der Waals surface area contributed by atoms with Gasteiger partial charge in [-0.15, -0.1) is 5.10 Å². The SMILES string of the molecule is O=[n+]1[nH]c(Cl)ccc1S(=O)(=O)c1ccccc1. The van der Waals surface area contributed by atoms with Gasteiger partial charge in [-0.1, -0.05) is 29.8 Å². The minimum absolute atomic E-state index is 0.0559. The molecule has 1 N–H and O–H groups in total. The first-order valence-corrected chi connectivity index (χ1v) is 6.49. The van der Waals surface area contributed by atoms with Crippen molar-refractivity contribution in [2.75, 3.05) is 0 Å². The summed E-state index contributed by atoms with van der Waals surface area (Å²) in [7, 11) is -3.83. The topological polar surface area (TPSA) is 72.9 Å². The number of rotatable bonds is 2. The van der Waals surface area contributed by atoms with Gasteiger partial charge in [-0.2, -0.15) is 0 Å². The molecule has 0 saturated carbocycles. The van der Waals surface area contributed by atoms with E-state index in [-0.39, 0.29) is 14.6 Å². The predicted octanol–water partition coefficient (Wildman–Crippen LogP) is 1.42. The largest absolute Gasteiger partial charge is 0.386 e. The van der Waals surface area contributed by atoms with Crippen LogP contribution in [-0.4, -0.2) is 13.5 Å². The second-order valence-electron chi connectivity index (χ2n) is 3.24. The maximum absolute atomic E-state index is 12.1. The molecular weight excluding hydrogens is 264 g/mol.